The van der Waals surface area contributed by atoms with Crippen molar-refractivity contribution in [2.75, 3.05) is 13.1 Å². The van der Waals surface area contributed by atoms with Crippen LogP contribution in [0.4, 0.5) is 4.79 Å². The van der Waals surface area contributed by atoms with Crippen molar-refractivity contribution in [2.45, 2.75) is 77.4 Å². The van der Waals surface area contributed by atoms with Gasteiger partial charge < -0.3 is 14.7 Å². The van der Waals surface area contributed by atoms with E-state index in [0.29, 0.717) is 13.1 Å². The molecule has 0 aromatic carbocycles. The van der Waals surface area contributed by atoms with Gasteiger partial charge in [-0.25, -0.2) is 4.79 Å². The Kier molecular flexibility index (Phi) is 5.65. The zero-order valence-electron chi connectivity index (χ0n) is 12.9. The molecule has 0 aliphatic carbocycles. The van der Waals surface area contributed by atoms with E-state index in [9.17, 15) is 9.90 Å². The van der Waals surface area contributed by atoms with Crippen molar-refractivity contribution in [3.8, 4) is 0 Å². The van der Waals surface area contributed by atoms with Gasteiger partial charge in [0, 0.05) is 0 Å². The molecule has 0 aromatic heterocycles. The zero-order chi connectivity index (χ0) is 14.5. The van der Waals surface area contributed by atoms with Crippen molar-refractivity contribution in [2.24, 2.45) is 0 Å². The van der Waals surface area contributed by atoms with Crippen LogP contribution in [0.5, 0.6) is 0 Å². The fourth-order valence-corrected chi connectivity index (χ4v) is 2.34. The van der Waals surface area contributed by atoms with Crippen LogP contribution in [0.25, 0.3) is 0 Å². The summed E-state index contributed by atoms with van der Waals surface area (Å²) in [6.07, 6.45) is 6.42. The van der Waals surface area contributed by atoms with E-state index in [0.717, 1.165) is 12.8 Å². The number of rotatable bonds is 6. The van der Waals surface area contributed by atoms with E-state index in [1.807, 2.05) is 20.8 Å². The molecule has 4 nitrogen and oxygen atoms in total. The summed E-state index contributed by atoms with van der Waals surface area (Å²) in [5.74, 6) is 0. The molecule has 0 radical (unpaired) electrons. The van der Waals surface area contributed by atoms with Crippen LogP contribution in [0, 0.1) is 0 Å². The van der Waals surface area contributed by atoms with Gasteiger partial charge in [-0.05, 0) is 27.2 Å². The number of aliphatic hydroxyl groups is 1. The van der Waals surface area contributed by atoms with E-state index in [4.69, 9.17) is 4.74 Å². The molecule has 1 aliphatic heterocycles. The highest BCUT2D eigenvalue weighted by Crippen LogP contribution is 2.28. The first-order chi connectivity index (χ1) is 8.76. The minimum absolute atomic E-state index is 0.317. The number of unbranched alkanes of at least 4 members (excludes halogenated alkanes) is 4. The Bertz CT molecular complexity index is 290. The third-order valence-corrected chi connectivity index (χ3v) is 3.37. The maximum absolute atomic E-state index is 11.7. The number of β-amino-alcohol motifs (C(OH)–C–C–N with tert-alkyl or cyclic N) is 1. The van der Waals surface area contributed by atoms with Gasteiger partial charge in [0.05, 0.1) is 18.7 Å². The van der Waals surface area contributed by atoms with Gasteiger partial charge in [-0.1, -0.05) is 39.0 Å². The van der Waals surface area contributed by atoms with E-state index in [1.54, 1.807) is 4.90 Å². The summed E-state index contributed by atoms with van der Waals surface area (Å²) >= 11 is 0. The minimum atomic E-state index is -0.677. The molecule has 0 spiro atoms. The summed E-state index contributed by atoms with van der Waals surface area (Å²) in [5.41, 5.74) is -1.14. The number of amides is 1. The Hall–Kier alpha value is -0.770. The Balaban J connectivity index is 2.18. The predicted molar refractivity (Wildman–Crippen MR) is 76.1 cm³/mol. The van der Waals surface area contributed by atoms with Gasteiger partial charge in [-0.2, -0.15) is 0 Å². The van der Waals surface area contributed by atoms with E-state index in [2.05, 4.69) is 6.92 Å². The molecule has 19 heavy (non-hydrogen) atoms. The van der Waals surface area contributed by atoms with Crippen LogP contribution < -0.4 is 0 Å². The maximum atomic E-state index is 11.7. The van der Waals surface area contributed by atoms with Crippen molar-refractivity contribution in [1.29, 1.82) is 0 Å². The molecule has 0 saturated carbocycles. The summed E-state index contributed by atoms with van der Waals surface area (Å²) < 4.78 is 5.27. The van der Waals surface area contributed by atoms with E-state index < -0.39 is 11.2 Å². The van der Waals surface area contributed by atoms with Gasteiger partial charge in [0.1, 0.15) is 5.60 Å². The summed E-state index contributed by atoms with van der Waals surface area (Å²) in [5, 5.41) is 10.2. The van der Waals surface area contributed by atoms with E-state index in [1.165, 1.54) is 25.7 Å². The minimum Gasteiger partial charge on any atom is -0.444 e. The van der Waals surface area contributed by atoms with Gasteiger partial charge in [0.2, 0.25) is 0 Å². The number of ether oxygens (including phenoxy) is 1. The van der Waals surface area contributed by atoms with Crippen molar-refractivity contribution in [3.63, 3.8) is 0 Å². The molecule has 0 atom stereocenters. The molecule has 1 fully saturated rings. The summed E-state index contributed by atoms with van der Waals surface area (Å²) in [7, 11) is 0. The monoisotopic (exact) mass is 271 g/mol. The zero-order valence-corrected chi connectivity index (χ0v) is 12.9. The normalized spacial score (nSPS) is 18.1. The van der Waals surface area contributed by atoms with Gasteiger partial charge in [0.25, 0.3) is 0 Å². The quantitative estimate of drug-likeness (QED) is 0.754. The smallest absolute Gasteiger partial charge is 0.410 e. The van der Waals surface area contributed by atoms with E-state index in [-0.39, 0.29) is 6.09 Å². The first-order valence-electron chi connectivity index (χ1n) is 7.46. The molecule has 0 unspecified atom stereocenters. The van der Waals surface area contributed by atoms with Gasteiger partial charge >= 0.3 is 6.09 Å². The summed E-state index contributed by atoms with van der Waals surface area (Å²) in [6, 6.07) is 0. The first-order valence-corrected chi connectivity index (χ1v) is 7.46. The number of hydrogen-bond acceptors (Lipinski definition) is 3. The van der Waals surface area contributed by atoms with Gasteiger partial charge in [-0.15, -0.1) is 0 Å². The lowest BCUT2D eigenvalue weighted by atomic mass is 9.88. The maximum Gasteiger partial charge on any atom is 0.410 e. The molecule has 0 bridgehead atoms. The van der Waals surface area contributed by atoms with Crippen LogP contribution >= 0.6 is 0 Å². The van der Waals surface area contributed by atoms with Crippen LogP contribution in [-0.2, 0) is 4.74 Å². The molecule has 1 N–H and O–H groups in total. The Labute approximate surface area is 117 Å². The third-order valence-electron chi connectivity index (χ3n) is 3.37. The van der Waals surface area contributed by atoms with Crippen LogP contribution in [0.3, 0.4) is 0 Å². The topological polar surface area (TPSA) is 49.8 Å². The van der Waals surface area contributed by atoms with Gasteiger partial charge in [-0.3, -0.25) is 0 Å². The second-order valence-electron chi connectivity index (χ2n) is 6.72. The van der Waals surface area contributed by atoms with Gasteiger partial charge in [0.15, 0.2) is 0 Å². The molecule has 112 valence electrons. The van der Waals surface area contributed by atoms with Crippen LogP contribution in [-0.4, -0.2) is 40.4 Å². The fraction of sp³-hybridized carbons (Fsp3) is 0.933. The lowest BCUT2D eigenvalue weighted by Gasteiger charge is -2.46. The first kappa shape index (κ1) is 16.3. The Morgan fingerprint density at radius 3 is 2.32 bits per heavy atom. The van der Waals surface area contributed by atoms with E-state index >= 15 is 0 Å². The second kappa shape index (κ2) is 6.60. The summed E-state index contributed by atoms with van der Waals surface area (Å²) in [6.45, 7) is 8.57. The third kappa shape index (κ3) is 5.81. The molecule has 1 heterocycles. The van der Waals surface area contributed by atoms with Crippen LogP contribution in [0.15, 0.2) is 0 Å². The lowest BCUT2D eigenvalue weighted by Crippen LogP contribution is -2.64. The molecule has 1 saturated heterocycles. The summed E-state index contributed by atoms with van der Waals surface area (Å²) in [4.78, 5) is 13.3. The van der Waals surface area contributed by atoms with Crippen LogP contribution in [0.2, 0.25) is 0 Å². The molecular formula is C15H29NO3. The number of hydrogen-bond donors (Lipinski definition) is 1. The number of carbonyl (C=O) groups is 1. The van der Waals surface area contributed by atoms with Crippen LogP contribution in [0.1, 0.15) is 66.2 Å². The average molecular weight is 271 g/mol. The second-order valence-corrected chi connectivity index (χ2v) is 6.72. The molecule has 1 amide bonds. The molecule has 4 heteroatoms. The molecule has 0 aromatic rings. The standard InChI is InChI=1S/C15H29NO3/c1-5-6-7-8-9-10-15(18)11-16(12-15)13(17)19-14(2,3)4/h18H,5-12H2,1-4H3. The lowest BCUT2D eigenvalue weighted by molar-refractivity contribution is -0.103. The van der Waals surface area contributed by atoms with Crippen molar-refractivity contribution < 1.29 is 14.6 Å². The predicted octanol–water partition coefficient (Wildman–Crippen LogP) is 3.33. The average Bonchev–Trinajstić information content (AvgIpc) is 2.22. The number of nitrogens with zero attached hydrogens (tertiary/aromatic N) is 1. The van der Waals surface area contributed by atoms with Crippen molar-refractivity contribution in [1.82, 2.24) is 4.90 Å². The Morgan fingerprint density at radius 2 is 1.79 bits per heavy atom. The molecule has 1 rings (SSSR count). The number of likely N-dealkylation sites (tertiary alicyclic amines) is 1. The van der Waals surface area contributed by atoms with Crippen molar-refractivity contribution >= 4 is 6.09 Å². The highest BCUT2D eigenvalue weighted by atomic mass is 16.6. The van der Waals surface area contributed by atoms with Crippen molar-refractivity contribution in [3.05, 3.63) is 0 Å². The highest BCUT2D eigenvalue weighted by molar-refractivity contribution is 5.69. The fourth-order valence-electron chi connectivity index (χ4n) is 2.34. The molecule has 1 aliphatic rings. The Morgan fingerprint density at radius 1 is 1.21 bits per heavy atom. The largest absolute Gasteiger partial charge is 0.444 e. The SMILES string of the molecule is CCCCCCCC1(O)CN(C(=O)OC(C)(C)C)C1. The highest BCUT2D eigenvalue weighted by Gasteiger charge is 2.44. The molecular weight excluding hydrogens is 242 g/mol. The number of carbonyl (C=O) groups excluding carboxylic acids is 1.